The lowest BCUT2D eigenvalue weighted by molar-refractivity contribution is 1.18. The molecule has 6 aromatic carbocycles. The van der Waals surface area contributed by atoms with Crippen molar-refractivity contribution in [2.75, 3.05) is 0 Å². The Labute approximate surface area is 226 Å². The van der Waals surface area contributed by atoms with Crippen LogP contribution in [0.4, 0.5) is 0 Å². The molecule has 8 rings (SSSR count). The van der Waals surface area contributed by atoms with Crippen LogP contribution in [0.15, 0.2) is 146 Å². The molecule has 0 fully saturated rings. The number of rotatable bonds is 3. The lowest BCUT2D eigenvalue weighted by atomic mass is 9.86. The summed E-state index contributed by atoms with van der Waals surface area (Å²) in [7, 11) is 0. The van der Waals surface area contributed by atoms with Gasteiger partial charge in [0, 0.05) is 34.4 Å². The first-order valence-electron chi connectivity index (χ1n) is 13.3. The average Bonchev–Trinajstić information content (AvgIpc) is 3.34. The predicted octanol–water partition coefficient (Wildman–Crippen LogP) is 9.82. The summed E-state index contributed by atoms with van der Waals surface area (Å²) in [4.78, 5) is 4.44. The molecule has 0 aliphatic carbocycles. The van der Waals surface area contributed by atoms with Gasteiger partial charge in [0.2, 0.25) is 0 Å². The Hall–Kier alpha value is -5.21. The zero-order valence-electron chi connectivity index (χ0n) is 21.3. The fourth-order valence-electron chi connectivity index (χ4n) is 6.24. The van der Waals surface area contributed by atoms with Gasteiger partial charge in [-0.3, -0.25) is 4.98 Å². The highest BCUT2D eigenvalue weighted by Crippen LogP contribution is 2.44. The van der Waals surface area contributed by atoms with Gasteiger partial charge in [-0.25, -0.2) is 0 Å². The lowest BCUT2D eigenvalue weighted by Gasteiger charge is -2.17. The Balaban J connectivity index is 1.48. The van der Waals surface area contributed by atoms with E-state index in [-0.39, 0.29) is 0 Å². The smallest absolute Gasteiger partial charge is 0.0541 e. The van der Waals surface area contributed by atoms with Crippen molar-refractivity contribution < 1.29 is 0 Å². The largest absolute Gasteiger partial charge is 0.309 e. The van der Waals surface area contributed by atoms with Crippen LogP contribution >= 0.6 is 0 Å². The van der Waals surface area contributed by atoms with Crippen molar-refractivity contribution >= 4 is 43.4 Å². The Kier molecular flexibility index (Phi) is 4.86. The van der Waals surface area contributed by atoms with Gasteiger partial charge in [-0.05, 0) is 74.6 Å². The summed E-state index contributed by atoms with van der Waals surface area (Å²) >= 11 is 0. The van der Waals surface area contributed by atoms with Gasteiger partial charge in [-0.15, -0.1) is 0 Å². The van der Waals surface area contributed by atoms with Gasteiger partial charge >= 0.3 is 0 Å². The molecule has 0 saturated carbocycles. The number of pyridine rings is 1. The molecule has 0 N–H and O–H groups in total. The highest BCUT2D eigenvalue weighted by molar-refractivity contribution is 6.22. The number of para-hydroxylation sites is 2. The van der Waals surface area contributed by atoms with Gasteiger partial charge in [0.05, 0.1) is 11.0 Å². The Bertz CT molecular complexity index is 2100. The molecule has 2 heteroatoms. The SMILES string of the molecule is c1ccc(-n2c3ccccc3c3cc(-c4c5ccccc5c(-c5cccnc5)c5ccccc45)ccc32)cc1. The van der Waals surface area contributed by atoms with Crippen LogP contribution < -0.4 is 0 Å². The summed E-state index contributed by atoms with van der Waals surface area (Å²) in [5.41, 5.74) is 8.48. The van der Waals surface area contributed by atoms with Crippen LogP contribution in [0, 0.1) is 0 Å². The molecular formula is C37H24N2. The normalized spacial score (nSPS) is 11.6. The molecule has 2 nitrogen and oxygen atoms in total. The number of hydrogen-bond donors (Lipinski definition) is 0. The predicted molar refractivity (Wildman–Crippen MR) is 164 cm³/mol. The van der Waals surface area contributed by atoms with Crippen molar-refractivity contribution in [3.8, 4) is 27.9 Å². The van der Waals surface area contributed by atoms with Crippen molar-refractivity contribution in [1.29, 1.82) is 0 Å². The molecule has 8 aromatic rings. The Morgan fingerprint density at radius 3 is 1.62 bits per heavy atom. The molecule has 0 radical (unpaired) electrons. The van der Waals surface area contributed by atoms with Gasteiger partial charge in [0.25, 0.3) is 0 Å². The number of aromatic nitrogens is 2. The third-order valence-electron chi connectivity index (χ3n) is 7.86. The zero-order valence-corrected chi connectivity index (χ0v) is 21.3. The molecule has 0 spiro atoms. The first-order chi connectivity index (χ1) is 19.4. The molecule has 2 aromatic heterocycles. The van der Waals surface area contributed by atoms with Crippen molar-refractivity contribution in [3.63, 3.8) is 0 Å². The van der Waals surface area contributed by atoms with Crippen molar-refractivity contribution in [2.45, 2.75) is 0 Å². The van der Waals surface area contributed by atoms with E-state index in [0.29, 0.717) is 0 Å². The fourth-order valence-corrected chi connectivity index (χ4v) is 6.24. The van der Waals surface area contributed by atoms with Gasteiger partial charge in [-0.2, -0.15) is 0 Å². The third kappa shape index (κ3) is 3.32. The highest BCUT2D eigenvalue weighted by Gasteiger charge is 2.18. The van der Waals surface area contributed by atoms with E-state index in [4.69, 9.17) is 0 Å². The molecule has 182 valence electrons. The molecule has 0 saturated heterocycles. The first kappa shape index (κ1) is 21.8. The average molecular weight is 497 g/mol. The summed E-state index contributed by atoms with van der Waals surface area (Å²) in [5, 5.41) is 7.51. The summed E-state index contributed by atoms with van der Waals surface area (Å²) in [6, 6.07) is 48.1. The number of fused-ring (bicyclic) bond motifs is 5. The molecule has 0 atom stereocenters. The summed E-state index contributed by atoms with van der Waals surface area (Å²) < 4.78 is 2.37. The minimum atomic E-state index is 1.14. The minimum Gasteiger partial charge on any atom is -0.309 e. The summed E-state index contributed by atoms with van der Waals surface area (Å²) in [6.07, 6.45) is 3.81. The van der Waals surface area contributed by atoms with E-state index in [1.807, 2.05) is 18.5 Å². The maximum absolute atomic E-state index is 4.44. The molecule has 0 unspecified atom stereocenters. The Morgan fingerprint density at radius 1 is 0.410 bits per heavy atom. The van der Waals surface area contributed by atoms with Gasteiger partial charge < -0.3 is 4.57 Å². The van der Waals surface area contributed by atoms with E-state index in [2.05, 4.69) is 137 Å². The van der Waals surface area contributed by atoms with E-state index in [9.17, 15) is 0 Å². The maximum atomic E-state index is 4.44. The van der Waals surface area contributed by atoms with Crippen LogP contribution in [0.2, 0.25) is 0 Å². The highest BCUT2D eigenvalue weighted by atomic mass is 15.0. The van der Waals surface area contributed by atoms with Crippen LogP contribution in [-0.2, 0) is 0 Å². The molecular weight excluding hydrogens is 472 g/mol. The van der Waals surface area contributed by atoms with Crippen molar-refractivity contribution in [1.82, 2.24) is 9.55 Å². The second-order valence-electron chi connectivity index (χ2n) is 10.0. The molecule has 2 heterocycles. The number of nitrogens with zero attached hydrogens (tertiary/aromatic N) is 2. The lowest BCUT2D eigenvalue weighted by Crippen LogP contribution is -1.93. The first-order valence-corrected chi connectivity index (χ1v) is 13.3. The number of hydrogen-bond acceptors (Lipinski definition) is 1. The standard InChI is InChI=1S/C37H24N2/c1-2-12-27(13-3-1)39-34-19-9-8-14-28(34)33-23-25(20-21-35(33)39)36-29-15-4-6-17-31(29)37(26-11-10-22-38-24-26)32-18-7-5-16-30(32)36/h1-24H. The number of benzene rings is 6. The van der Waals surface area contributed by atoms with Crippen molar-refractivity contribution in [2.24, 2.45) is 0 Å². The maximum Gasteiger partial charge on any atom is 0.0541 e. The second-order valence-corrected chi connectivity index (χ2v) is 10.0. The van der Waals surface area contributed by atoms with E-state index < -0.39 is 0 Å². The van der Waals surface area contributed by atoms with Crippen LogP contribution in [0.25, 0.3) is 71.3 Å². The quantitative estimate of drug-likeness (QED) is 0.223. The molecule has 0 amide bonds. The van der Waals surface area contributed by atoms with Crippen molar-refractivity contribution in [3.05, 3.63) is 146 Å². The fraction of sp³-hybridized carbons (Fsp3) is 0. The minimum absolute atomic E-state index is 1.14. The van der Waals surface area contributed by atoms with Gasteiger partial charge in [0.1, 0.15) is 0 Å². The molecule has 0 aliphatic rings. The van der Waals surface area contributed by atoms with E-state index in [1.54, 1.807) is 0 Å². The zero-order chi connectivity index (χ0) is 25.8. The monoisotopic (exact) mass is 496 g/mol. The van der Waals surface area contributed by atoms with E-state index in [0.717, 1.165) is 5.56 Å². The molecule has 0 bridgehead atoms. The summed E-state index contributed by atoms with van der Waals surface area (Å²) in [5.74, 6) is 0. The van der Waals surface area contributed by atoms with Crippen LogP contribution in [0.1, 0.15) is 0 Å². The van der Waals surface area contributed by atoms with Crippen LogP contribution in [0.3, 0.4) is 0 Å². The van der Waals surface area contributed by atoms with Gasteiger partial charge in [-0.1, -0.05) is 97.1 Å². The Morgan fingerprint density at radius 2 is 0.974 bits per heavy atom. The van der Waals surface area contributed by atoms with Crippen LogP contribution in [-0.4, -0.2) is 9.55 Å². The third-order valence-corrected chi connectivity index (χ3v) is 7.86. The van der Waals surface area contributed by atoms with Crippen LogP contribution in [0.5, 0.6) is 0 Å². The topological polar surface area (TPSA) is 17.8 Å². The molecule has 39 heavy (non-hydrogen) atoms. The molecule has 0 aliphatic heterocycles. The van der Waals surface area contributed by atoms with Gasteiger partial charge in [0.15, 0.2) is 0 Å². The summed E-state index contributed by atoms with van der Waals surface area (Å²) in [6.45, 7) is 0. The van der Waals surface area contributed by atoms with E-state index in [1.165, 1.54) is 65.7 Å². The second kappa shape index (κ2) is 8.68. The van der Waals surface area contributed by atoms with E-state index >= 15 is 0 Å².